The summed E-state index contributed by atoms with van der Waals surface area (Å²) < 4.78 is 27.7. The molecule has 1 aromatic heterocycles. The molecule has 1 heterocycles. The van der Waals surface area contributed by atoms with E-state index in [1.807, 2.05) is 6.92 Å². The minimum absolute atomic E-state index is 0.0196. The summed E-state index contributed by atoms with van der Waals surface area (Å²) in [5.41, 5.74) is 1.38. The van der Waals surface area contributed by atoms with Gasteiger partial charge in [-0.1, -0.05) is 6.07 Å². The molecule has 5 nitrogen and oxygen atoms in total. The number of aromatic nitrogens is 1. The monoisotopic (exact) mass is 306 g/mol. The number of aliphatic hydroxyl groups excluding tert-OH is 1. The first kappa shape index (κ1) is 14.4. The molecule has 1 fully saturated rings. The number of hydrogen-bond donors (Lipinski definition) is 2. The molecule has 1 saturated carbocycles. The normalized spacial score (nSPS) is 17.0. The molecule has 0 amide bonds. The number of pyridine rings is 1. The van der Waals surface area contributed by atoms with Gasteiger partial charge in [0, 0.05) is 30.1 Å². The molecule has 0 unspecified atom stereocenters. The average Bonchev–Trinajstić information content (AvgIpc) is 3.26. The topological polar surface area (TPSA) is 79.3 Å². The zero-order valence-electron chi connectivity index (χ0n) is 11.8. The molecule has 112 valence electrons. The van der Waals surface area contributed by atoms with E-state index in [1.54, 1.807) is 30.5 Å². The molecule has 2 aromatic rings. The van der Waals surface area contributed by atoms with Gasteiger partial charge in [0.1, 0.15) is 0 Å². The summed E-state index contributed by atoms with van der Waals surface area (Å²) in [7, 11) is -3.61. The fourth-order valence-electron chi connectivity index (χ4n) is 2.42. The van der Waals surface area contributed by atoms with Crippen LogP contribution in [0.2, 0.25) is 0 Å². The first-order valence-electron chi connectivity index (χ1n) is 6.92. The van der Waals surface area contributed by atoms with Crippen molar-refractivity contribution in [3.8, 4) is 0 Å². The maximum absolute atomic E-state index is 12.5. The molecule has 0 bridgehead atoms. The van der Waals surface area contributed by atoms with Gasteiger partial charge in [-0.15, -0.1) is 0 Å². The number of rotatable bonds is 5. The summed E-state index contributed by atoms with van der Waals surface area (Å²) in [6, 6.07) is 6.88. The third-order valence-electron chi connectivity index (χ3n) is 4.15. The minimum atomic E-state index is -3.61. The van der Waals surface area contributed by atoms with Crippen molar-refractivity contribution >= 4 is 20.9 Å². The number of fused-ring (bicyclic) bond motifs is 1. The lowest BCUT2D eigenvalue weighted by Crippen LogP contribution is -2.32. The highest BCUT2D eigenvalue weighted by atomic mass is 32.2. The van der Waals surface area contributed by atoms with Crippen molar-refractivity contribution in [2.75, 3.05) is 13.2 Å². The predicted octanol–water partition coefficient (Wildman–Crippen LogP) is 1.59. The van der Waals surface area contributed by atoms with Crippen molar-refractivity contribution in [1.82, 2.24) is 9.71 Å². The van der Waals surface area contributed by atoms with Gasteiger partial charge >= 0.3 is 0 Å². The van der Waals surface area contributed by atoms with Gasteiger partial charge < -0.3 is 5.11 Å². The van der Waals surface area contributed by atoms with E-state index in [-0.39, 0.29) is 23.5 Å². The van der Waals surface area contributed by atoms with E-state index >= 15 is 0 Å². The Kier molecular flexibility index (Phi) is 3.47. The fraction of sp³-hybridized carbons (Fsp3) is 0.400. The quantitative estimate of drug-likeness (QED) is 0.879. The molecule has 6 heteroatoms. The van der Waals surface area contributed by atoms with Gasteiger partial charge in [0.05, 0.1) is 10.4 Å². The summed E-state index contributed by atoms with van der Waals surface area (Å²) >= 11 is 0. The number of aryl methyl sites for hydroxylation is 1. The Morgan fingerprint density at radius 2 is 2.10 bits per heavy atom. The van der Waals surface area contributed by atoms with E-state index in [1.165, 1.54) is 0 Å². The van der Waals surface area contributed by atoms with Gasteiger partial charge in [-0.3, -0.25) is 4.98 Å². The third kappa shape index (κ3) is 2.66. The van der Waals surface area contributed by atoms with Gasteiger partial charge in [-0.05, 0) is 43.5 Å². The Morgan fingerprint density at radius 3 is 2.76 bits per heavy atom. The van der Waals surface area contributed by atoms with Crippen LogP contribution < -0.4 is 4.72 Å². The number of hydrogen-bond acceptors (Lipinski definition) is 4. The van der Waals surface area contributed by atoms with Crippen molar-refractivity contribution in [3.63, 3.8) is 0 Å². The molecule has 2 N–H and O–H groups in total. The summed E-state index contributed by atoms with van der Waals surface area (Å²) in [5.74, 6) is 0. The van der Waals surface area contributed by atoms with Gasteiger partial charge in [0.25, 0.3) is 0 Å². The molecule has 1 aliphatic carbocycles. The number of benzene rings is 1. The first-order chi connectivity index (χ1) is 9.97. The van der Waals surface area contributed by atoms with E-state index in [2.05, 4.69) is 9.71 Å². The third-order valence-corrected chi connectivity index (χ3v) is 5.61. The molecular formula is C15H18N2O3S. The molecule has 1 aliphatic rings. The Morgan fingerprint density at radius 1 is 1.33 bits per heavy atom. The van der Waals surface area contributed by atoms with Crippen LogP contribution >= 0.6 is 0 Å². The summed E-state index contributed by atoms with van der Waals surface area (Å²) in [5, 5.41) is 9.91. The average molecular weight is 306 g/mol. The zero-order chi connectivity index (χ0) is 15.1. The van der Waals surface area contributed by atoms with E-state index in [4.69, 9.17) is 0 Å². The van der Waals surface area contributed by atoms with E-state index in [0.717, 1.165) is 18.4 Å². The molecule has 21 heavy (non-hydrogen) atoms. The maximum atomic E-state index is 12.5. The maximum Gasteiger partial charge on any atom is 0.241 e. The van der Waals surface area contributed by atoms with Crippen LogP contribution in [0.3, 0.4) is 0 Å². The van der Waals surface area contributed by atoms with Crippen molar-refractivity contribution in [2.45, 2.75) is 24.7 Å². The van der Waals surface area contributed by atoms with E-state index < -0.39 is 10.0 Å². The van der Waals surface area contributed by atoms with Crippen LogP contribution in [-0.2, 0) is 10.0 Å². The van der Waals surface area contributed by atoms with Crippen LogP contribution in [0.1, 0.15) is 18.4 Å². The van der Waals surface area contributed by atoms with Crippen molar-refractivity contribution in [1.29, 1.82) is 0 Å². The minimum Gasteiger partial charge on any atom is -0.396 e. The number of nitrogens with one attached hydrogen (secondary N) is 1. The molecular weight excluding hydrogens is 288 g/mol. The van der Waals surface area contributed by atoms with Crippen LogP contribution in [0, 0.1) is 12.3 Å². The lowest BCUT2D eigenvalue weighted by Gasteiger charge is -2.14. The second-order valence-electron chi connectivity index (χ2n) is 5.76. The van der Waals surface area contributed by atoms with Gasteiger partial charge in [0.15, 0.2) is 0 Å². The highest BCUT2D eigenvalue weighted by molar-refractivity contribution is 7.89. The van der Waals surface area contributed by atoms with Crippen LogP contribution in [0.25, 0.3) is 10.9 Å². The molecule has 0 spiro atoms. The first-order valence-corrected chi connectivity index (χ1v) is 8.41. The smallest absolute Gasteiger partial charge is 0.241 e. The van der Waals surface area contributed by atoms with Crippen LogP contribution in [0.15, 0.2) is 35.4 Å². The molecule has 0 aliphatic heterocycles. The highest BCUT2D eigenvalue weighted by Crippen LogP contribution is 2.44. The molecule has 0 radical (unpaired) electrons. The van der Waals surface area contributed by atoms with Crippen LogP contribution in [0.4, 0.5) is 0 Å². The molecule has 0 saturated heterocycles. The van der Waals surface area contributed by atoms with Crippen LogP contribution in [-0.4, -0.2) is 31.7 Å². The summed E-state index contributed by atoms with van der Waals surface area (Å²) in [4.78, 5) is 4.50. The Bertz CT molecular complexity index is 783. The number of aliphatic hydroxyl groups is 1. The SMILES string of the molecule is Cc1ccc(S(=O)(=O)NCC2(CO)CC2)c2cccnc12. The van der Waals surface area contributed by atoms with Gasteiger partial charge in [-0.25, -0.2) is 13.1 Å². The predicted molar refractivity (Wildman–Crippen MR) is 80.4 cm³/mol. The zero-order valence-corrected chi connectivity index (χ0v) is 12.7. The Hall–Kier alpha value is -1.50. The second kappa shape index (κ2) is 5.05. The molecule has 0 atom stereocenters. The lowest BCUT2D eigenvalue weighted by molar-refractivity contribution is 0.213. The standard InChI is InChI=1S/C15H18N2O3S/c1-11-4-5-13(12-3-2-8-16-14(11)12)21(19,20)17-9-15(10-18)6-7-15/h2-5,8,17-18H,6-7,9-10H2,1H3. The highest BCUT2D eigenvalue weighted by Gasteiger charge is 2.42. The van der Waals surface area contributed by atoms with Crippen LogP contribution in [0.5, 0.6) is 0 Å². The lowest BCUT2D eigenvalue weighted by atomic mass is 10.1. The largest absolute Gasteiger partial charge is 0.396 e. The van der Waals surface area contributed by atoms with Crippen molar-refractivity contribution in [2.24, 2.45) is 5.41 Å². The Balaban J connectivity index is 1.97. The number of nitrogens with zero attached hydrogens (tertiary/aromatic N) is 1. The van der Waals surface area contributed by atoms with E-state index in [9.17, 15) is 13.5 Å². The van der Waals surface area contributed by atoms with Crippen molar-refractivity contribution in [3.05, 3.63) is 36.0 Å². The Labute approximate surface area is 124 Å². The molecule has 1 aromatic carbocycles. The number of sulfonamides is 1. The second-order valence-corrected chi connectivity index (χ2v) is 7.50. The van der Waals surface area contributed by atoms with Crippen molar-refractivity contribution < 1.29 is 13.5 Å². The molecule has 3 rings (SSSR count). The van der Waals surface area contributed by atoms with Gasteiger partial charge in [-0.2, -0.15) is 0 Å². The summed E-state index contributed by atoms with van der Waals surface area (Å²) in [6.07, 6.45) is 3.38. The van der Waals surface area contributed by atoms with E-state index in [0.29, 0.717) is 10.9 Å². The van der Waals surface area contributed by atoms with Gasteiger partial charge in [0.2, 0.25) is 10.0 Å². The fourth-order valence-corrected chi connectivity index (χ4v) is 3.77. The summed E-state index contributed by atoms with van der Waals surface area (Å²) in [6.45, 7) is 2.21.